The topological polar surface area (TPSA) is 18.5 Å². The molecule has 2 rings (SSSR count). The third-order valence-corrected chi connectivity index (χ3v) is 3.70. The van der Waals surface area contributed by atoms with Crippen LogP contribution in [0.5, 0.6) is 0 Å². The van der Waals surface area contributed by atoms with E-state index in [0.717, 1.165) is 32.7 Å². The average Bonchev–Trinajstić information content (AvgIpc) is 2.37. The highest BCUT2D eigenvalue weighted by molar-refractivity contribution is 5.54. The molecular formula is C15H25N3. The van der Waals surface area contributed by atoms with Crippen molar-refractivity contribution in [2.45, 2.75) is 26.4 Å². The molecule has 1 atom stereocenters. The standard InChI is InChI=1S/C15H25N3/c1-4-16-11-14-7-5-6-8-15(14)18-10-9-17(3)12-13(18)2/h5-8,13,16H,4,9-12H2,1-3H3. The van der Waals surface area contributed by atoms with E-state index in [1.165, 1.54) is 11.3 Å². The normalized spacial score (nSPS) is 21.3. The highest BCUT2D eigenvalue weighted by Gasteiger charge is 2.22. The van der Waals surface area contributed by atoms with Gasteiger partial charge in [-0.3, -0.25) is 0 Å². The van der Waals surface area contributed by atoms with E-state index in [-0.39, 0.29) is 0 Å². The summed E-state index contributed by atoms with van der Waals surface area (Å²) < 4.78 is 0. The Labute approximate surface area is 111 Å². The zero-order valence-corrected chi connectivity index (χ0v) is 11.8. The first kappa shape index (κ1) is 13.4. The SMILES string of the molecule is CCNCc1ccccc1N1CCN(C)CC1C. The molecule has 1 N–H and O–H groups in total. The van der Waals surface area contributed by atoms with Crippen LogP contribution in [0.4, 0.5) is 5.69 Å². The van der Waals surface area contributed by atoms with Crippen LogP contribution in [-0.4, -0.2) is 44.2 Å². The van der Waals surface area contributed by atoms with E-state index in [2.05, 4.69) is 60.3 Å². The molecule has 0 radical (unpaired) electrons. The average molecular weight is 247 g/mol. The van der Waals surface area contributed by atoms with Crippen molar-refractivity contribution in [3.63, 3.8) is 0 Å². The highest BCUT2D eigenvalue weighted by atomic mass is 15.3. The molecule has 1 fully saturated rings. The molecule has 1 aromatic rings. The lowest BCUT2D eigenvalue weighted by atomic mass is 10.1. The maximum atomic E-state index is 3.43. The van der Waals surface area contributed by atoms with Crippen LogP contribution >= 0.6 is 0 Å². The largest absolute Gasteiger partial charge is 0.366 e. The Morgan fingerprint density at radius 3 is 2.78 bits per heavy atom. The van der Waals surface area contributed by atoms with Gasteiger partial charge >= 0.3 is 0 Å². The van der Waals surface area contributed by atoms with Gasteiger partial charge in [-0.1, -0.05) is 25.1 Å². The third kappa shape index (κ3) is 3.03. The van der Waals surface area contributed by atoms with Gasteiger partial charge in [0.2, 0.25) is 0 Å². The molecule has 3 nitrogen and oxygen atoms in total. The van der Waals surface area contributed by atoms with Crippen LogP contribution in [0.3, 0.4) is 0 Å². The number of hydrogen-bond donors (Lipinski definition) is 1. The molecule has 1 heterocycles. The van der Waals surface area contributed by atoms with E-state index in [1.54, 1.807) is 0 Å². The summed E-state index contributed by atoms with van der Waals surface area (Å²) in [7, 11) is 2.21. The summed E-state index contributed by atoms with van der Waals surface area (Å²) in [5, 5.41) is 3.43. The first-order valence-corrected chi connectivity index (χ1v) is 6.96. The minimum Gasteiger partial charge on any atom is -0.366 e. The van der Waals surface area contributed by atoms with Gasteiger partial charge in [-0.05, 0) is 32.1 Å². The number of likely N-dealkylation sites (N-methyl/N-ethyl adjacent to an activating group) is 1. The Balaban J connectivity index is 2.16. The number of para-hydroxylation sites is 1. The number of nitrogens with one attached hydrogen (secondary N) is 1. The fourth-order valence-electron chi connectivity index (χ4n) is 2.70. The Kier molecular flexibility index (Phi) is 4.61. The Morgan fingerprint density at radius 2 is 2.06 bits per heavy atom. The van der Waals surface area contributed by atoms with Gasteiger partial charge in [0, 0.05) is 37.9 Å². The van der Waals surface area contributed by atoms with Crippen molar-refractivity contribution >= 4 is 5.69 Å². The van der Waals surface area contributed by atoms with Crippen LogP contribution < -0.4 is 10.2 Å². The van der Waals surface area contributed by atoms with Crippen LogP contribution in [0.25, 0.3) is 0 Å². The predicted molar refractivity (Wildman–Crippen MR) is 78.1 cm³/mol. The molecule has 0 amide bonds. The van der Waals surface area contributed by atoms with E-state index in [4.69, 9.17) is 0 Å². The Hall–Kier alpha value is -1.06. The van der Waals surface area contributed by atoms with Gasteiger partial charge < -0.3 is 15.1 Å². The molecule has 0 bridgehead atoms. The lowest BCUT2D eigenvalue weighted by Crippen LogP contribution is -2.50. The molecular weight excluding hydrogens is 222 g/mol. The fourth-order valence-corrected chi connectivity index (χ4v) is 2.70. The smallest absolute Gasteiger partial charge is 0.0415 e. The number of anilines is 1. The van der Waals surface area contributed by atoms with Gasteiger partial charge in [0.05, 0.1) is 0 Å². The van der Waals surface area contributed by atoms with Crippen LogP contribution in [0.2, 0.25) is 0 Å². The van der Waals surface area contributed by atoms with E-state index < -0.39 is 0 Å². The summed E-state index contributed by atoms with van der Waals surface area (Å²) in [6, 6.07) is 9.37. The summed E-state index contributed by atoms with van der Waals surface area (Å²) in [4.78, 5) is 4.96. The van der Waals surface area contributed by atoms with E-state index >= 15 is 0 Å². The molecule has 3 heteroatoms. The van der Waals surface area contributed by atoms with Crippen molar-refractivity contribution in [3.05, 3.63) is 29.8 Å². The molecule has 0 aromatic heterocycles. The number of hydrogen-bond acceptors (Lipinski definition) is 3. The first-order chi connectivity index (χ1) is 8.72. The molecule has 100 valence electrons. The molecule has 1 aliphatic heterocycles. The lowest BCUT2D eigenvalue weighted by Gasteiger charge is -2.40. The number of rotatable bonds is 4. The zero-order chi connectivity index (χ0) is 13.0. The summed E-state index contributed by atoms with van der Waals surface area (Å²) in [5.41, 5.74) is 2.81. The molecule has 0 spiro atoms. The van der Waals surface area contributed by atoms with Crippen molar-refractivity contribution in [1.29, 1.82) is 0 Å². The van der Waals surface area contributed by atoms with Crippen molar-refractivity contribution in [1.82, 2.24) is 10.2 Å². The van der Waals surface area contributed by atoms with Gasteiger partial charge in [-0.15, -0.1) is 0 Å². The number of piperazine rings is 1. The Morgan fingerprint density at radius 1 is 1.28 bits per heavy atom. The zero-order valence-electron chi connectivity index (χ0n) is 11.8. The molecule has 1 aromatic carbocycles. The van der Waals surface area contributed by atoms with Crippen LogP contribution in [0.15, 0.2) is 24.3 Å². The minimum absolute atomic E-state index is 0.589. The van der Waals surface area contributed by atoms with Gasteiger partial charge in [-0.2, -0.15) is 0 Å². The quantitative estimate of drug-likeness (QED) is 0.877. The minimum atomic E-state index is 0.589. The first-order valence-electron chi connectivity index (χ1n) is 6.96. The Bertz CT molecular complexity index is 378. The monoisotopic (exact) mass is 247 g/mol. The van der Waals surface area contributed by atoms with Crippen molar-refractivity contribution in [2.24, 2.45) is 0 Å². The van der Waals surface area contributed by atoms with Gasteiger partial charge in [-0.25, -0.2) is 0 Å². The van der Waals surface area contributed by atoms with Crippen molar-refractivity contribution in [2.75, 3.05) is 38.1 Å². The van der Waals surface area contributed by atoms with Gasteiger partial charge in [0.15, 0.2) is 0 Å². The fraction of sp³-hybridized carbons (Fsp3) is 0.600. The highest BCUT2D eigenvalue weighted by Crippen LogP contribution is 2.24. The second-order valence-electron chi connectivity index (χ2n) is 5.21. The molecule has 1 unspecified atom stereocenters. The summed E-state index contributed by atoms with van der Waals surface area (Å²) in [6.07, 6.45) is 0. The van der Waals surface area contributed by atoms with Gasteiger partial charge in [0.1, 0.15) is 0 Å². The van der Waals surface area contributed by atoms with Crippen molar-refractivity contribution < 1.29 is 0 Å². The number of benzene rings is 1. The summed E-state index contributed by atoms with van der Waals surface area (Å²) >= 11 is 0. The molecule has 18 heavy (non-hydrogen) atoms. The molecule has 0 aliphatic carbocycles. The second kappa shape index (κ2) is 6.21. The van der Waals surface area contributed by atoms with Crippen LogP contribution in [0.1, 0.15) is 19.4 Å². The summed E-state index contributed by atoms with van der Waals surface area (Å²) in [6.45, 7) is 9.88. The van der Waals surface area contributed by atoms with Crippen LogP contribution in [0, 0.1) is 0 Å². The predicted octanol–water partition coefficient (Wildman–Crippen LogP) is 1.94. The molecule has 1 aliphatic rings. The van der Waals surface area contributed by atoms with Crippen LogP contribution in [-0.2, 0) is 6.54 Å². The summed E-state index contributed by atoms with van der Waals surface area (Å²) in [5.74, 6) is 0. The van der Waals surface area contributed by atoms with E-state index in [0.29, 0.717) is 6.04 Å². The molecule has 0 saturated carbocycles. The van der Waals surface area contributed by atoms with E-state index in [9.17, 15) is 0 Å². The second-order valence-corrected chi connectivity index (χ2v) is 5.21. The third-order valence-electron chi connectivity index (χ3n) is 3.70. The number of nitrogens with zero attached hydrogens (tertiary/aromatic N) is 2. The lowest BCUT2D eigenvalue weighted by molar-refractivity contribution is 0.275. The van der Waals surface area contributed by atoms with E-state index in [1.807, 2.05) is 0 Å². The maximum Gasteiger partial charge on any atom is 0.0415 e. The molecule has 1 saturated heterocycles. The van der Waals surface area contributed by atoms with Crippen molar-refractivity contribution in [3.8, 4) is 0 Å². The maximum absolute atomic E-state index is 3.43. The van der Waals surface area contributed by atoms with Gasteiger partial charge in [0.25, 0.3) is 0 Å².